The van der Waals surface area contributed by atoms with Crippen LogP contribution in [0.4, 0.5) is 11.4 Å². The molecule has 8 nitrogen and oxygen atoms in total. The molecule has 2 aromatic rings. The van der Waals surface area contributed by atoms with Gasteiger partial charge in [0, 0.05) is 19.6 Å². The second kappa shape index (κ2) is 9.36. The molecule has 0 bridgehead atoms. The lowest BCUT2D eigenvalue weighted by Crippen LogP contribution is -2.41. The van der Waals surface area contributed by atoms with E-state index in [0.717, 1.165) is 6.42 Å². The predicted octanol–water partition coefficient (Wildman–Crippen LogP) is 1.68. The molecule has 1 aromatic carbocycles. The van der Waals surface area contributed by atoms with Crippen molar-refractivity contribution in [2.45, 2.75) is 26.8 Å². The molecule has 0 aliphatic carbocycles. The quantitative estimate of drug-likeness (QED) is 0.779. The Morgan fingerprint density at radius 1 is 1.21 bits per heavy atom. The third kappa shape index (κ3) is 4.69. The Kier molecular flexibility index (Phi) is 6.65. The van der Waals surface area contributed by atoms with E-state index in [-0.39, 0.29) is 18.1 Å². The van der Waals surface area contributed by atoms with Gasteiger partial charge >= 0.3 is 0 Å². The fourth-order valence-electron chi connectivity index (χ4n) is 3.04. The number of rotatable bonds is 7. The lowest BCUT2D eigenvalue weighted by atomic mass is 10.2. The van der Waals surface area contributed by atoms with Crippen molar-refractivity contribution in [3.05, 3.63) is 46.4 Å². The third-order valence-corrected chi connectivity index (χ3v) is 4.62. The van der Waals surface area contributed by atoms with E-state index in [2.05, 4.69) is 17.3 Å². The minimum atomic E-state index is -0.343. The standard InChI is InChI=1S/C20H26N4O4/c1-3-15-5-7-16(8-6-15)28-14-18(25)22-17-13-21-24(4-2)20(26)19(17)23-9-11-27-12-10-23/h5-8,13H,3-4,9-12,14H2,1-2H3,(H,22,25). The zero-order valence-corrected chi connectivity index (χ0v) is 16.3. The number of amides is 1. The molecule has 1 saturated heterocycles. The van der Waals surface area contributed by atoms with Gasteiger partial charge in [0.05, 0.1) is 25.1 Å². The van der Waals surface area contributed by atoms with Gasteiger partial charge in [-0.3, -0.25) is 9.59 Å². The van der Waals surface area contributed by atoms with Gasteiger partial charge in [-0.15, -0.1) is 0 Å². The number of aryl methyl sites for hydroxylation is 2. The van der Waals surface area contributed by atoms with Gasteiger partial charge in [-0.25, -0.2) is 4.68 Å². The van der Waals surface area contributed by atoms with Crippen molar-refractivity contribution in [2.75, 3.05) is 43.1 Å². The van der Waals surface area contributed by atoms with Crippen LogP contribution >= 0.6 is 0 Å². The second-order valence-corrected chi connectivity index (χ2v) is 6.46. The average Bonchev–Trinajstić information content (AvgIpc) is 2.73. The van der Waals surface area contributed by atoms with E-state index in [1.807, 2.05) is 36.1 Å². The van der Waals surface area contributed by atoms with Crippen molar-refractivity contribution in [2.24, 2.45) is 0 Å². The van der Waals surface area contributed by atoms with Crippen LogP contribution in [0.2, 0.25) is 0 Å². The van der Waals surface area contributed by atoms with Gasteiger partial charge in [-0.2, -0.15) is 5.10 Å². The molecule has 0 unspecified atom stereocenters. The van der Waals surface area contributed by atoms with Gasteiger partial charge in [0.2, 0.25) is 0 Å². The number of nitrogens with one attached hydrogen (secondary N) is 1. The van der Waals surface area contributed by atoms with E-state index in [1.54, 1.807) is 0 Å². The minimum Gasteiger partial charge on any atom is -0.484 e. The van der Waals surface area contributed by atoms with Crippen molar-refractivity contribution < 1.29 is 14.3 Å². The van der Waals surface area contributed by atoms with E-state index in [9.17, 15) is 9.59 Å². The number of aromatic nitrogens is 2. The SMILES string of the molecule is CCc1ccc(OCC(=O)Nc2cnn(CC)c(=O)c2N2CCOCC2)cc1. The first-order valence-corrected chi connectivity index (χ1v) is 9.56. The number of nitrogens with zero attached hydrogens (tertiary/aromatic N) is 3. The molecule has 3 rings (SSSR count). The molecule has 150 valence electrons. The molecule has 1 amide bonds. The number of ether oxygens (including phenoxy) is 2. The van der Waals surface area contributed by atoms with Crippen LogP contribution in [0.3, 0.4) is 0 Å². The minimum absolute atomic E-state index is 0.148. The Morgan fingerprint density at radius 3 is 2.57 bits per heavy atom. The normalized spacial score (nSPS) is 14.0. The van der Waals surface area contributed by atoms with E-state index in [1.165, 1.54) is 16.4 Å². The highest BCUT2D eigenvalue weighted by Gasteiger charge is 2.21. The van der Waals surface area contributed by atoms with Crippen molar-refractivity contribution in [1.29, 1.82) is 0 Å². The topological polar surface area (TPSA) is 85.7 Å². The summed E-state index contributed by atoms with van der Waals surface area (Å²) in [6, 6.07) is 7.63. The molecule has 1 aromatic heterocycles. The molecule has 1 aliphatic rings. The summed E-state index contributed by atoms with van der Waals surface area (Å²) >= 11 is 0. The molecule has 1 N–H and O–H groups in total. The molecule has 2 heterocycles. The fraction of sp³-hybridized carbons (Fsp3) is 0.450. The molecular weight excluding hydrogens is 360 g/mol. The van der Waals surface area contributed by atoms with Crippen molar-refractivity contribution >= 4 is 17.3 Å². The van der Waals surface area contributed by atoms with Crippen LogP contribution in [0, 0.1) is 0 Å². The number of carbonyl (C=O) groups is 1. The van der Waals surface area contributed by atoms with E-state index in [0.29, 0.717) is 50.0 Å². The number of hydrogen-bond acceptors (Lipinski definition) is 6. The van der Waals surface area contributed by atoms with Crippen LogP contribution in [0.15, 0.2) is 35.3 Å². The summed E-state index contributed by atoms with van der Waals surface area (Å²) in [6.07, 6.45) is 2.46. The van der Waals surface area contributed by atoms with Gasteiger partial charge < -0.3 is 19.7 Å². The number of anilines is 2. The van der Waals surface area contributed by atoms with Crippen molar-refractivity contribution in [3.8, 4) is 5.75 Å². The van der Waals surface area contributed by atoms with Gasteiger partial charge in [0.15, 0.2) is 6.61 Å². The molecule has 0 saturated carbocycles. The first-order chi connectivity index (χ1) is 13.6. The lowest BCUT2D eigenvalue weighted by molar-refractivity contribution is -0.118. The monoisotopic (exact) mass is 386 g/mol. The lowest BCUT2D eigenvalue weighted by Gasteiger charge is -2.29. The summed E-state index contributed by atoms with van der Waals surface area (Å²) in [7, 11) is 0. The second-order valence-electron chi connectivity index (χ2n) is 6.46. The first-order valence-electron chi connectivity index (χ1n) is 9.56. The van der Waals surface area contributed by atoms with E-state index in [4.69, 9.17) is 9.47 Å². The van der Waals surface area contributed by atoms with Gasteiger partial charge in [-0.05, 0) is 31.0 Å². The van der Waals surface area contributed by atoms with Gasteiger partial charge in [0.25, 0.3) is 11.5 Å². The molecule has 1 aliphatic heterocycles. The number of carbonyl (C=O) groups excluding carboxylic acids is 1. The Bertz CT molecular complexity index is 857. The first kappa shape index (κ1) is 19.9. The zero-order chi connectivity index (χ0) is 19.9. The van der Waals surface area contributed by atoms with Crippen LogP contribution in [0.1, 0.15) is 19.4 Å². The molecule has 0 atom stereocenters. The molecule has 0 spiro atoms. The summed E-state index contributed by atoms with van der Waals surface area (Å²) in [5.74, 6) is 0.282. The molecule has 8 heteroatoms. The van der Waals surface area contributed by atoms with E-state index < -0.39 is 0 Å². The number of hydrogen-bond donors (Lipinski definition) is 1. The highest BCUT2D eigenvalue weighted by Crippen LogP contribution is 2.21. The summed E-state index contributed by atoms with van der Waals surface area (Å²) in [6.45, 7) is 6.50. The third-order valence-electron chi connectivity index (χ3n) is 4.62. The Balaban J connectivity index is 1.72. The maximum Gasteiger partial charge on any atom is 0.292 e. The smallest absolute Gasteiger partial charge is 0.292 e. The molecule has 0 radical (unpaired) electrons. The largest absolute Gasteiger partial charge is 0.484 e. The molecular formula is C20H26N4O4. The molecule has 28 heavy (non-hydrogen) atoms. The highest BCUT2D eigenvalue weighted by atomic mass is 16.5. The Morgan fingerprint density at radius 2 is 1.93 bits per heavy atom. The average molecular weight is 386 g/mol. The van der Waals surface area contributed by atoms with Gasteiger partial charge in [0.1, 0.15) is 11.4 Å². The summed E-state index contributed by atoms with van der Waals surface area (Å²) in [4.78, 5) is 27.1. The van der Waals surface area contributed by atoms with Crippen LogP contribution in [-0.2, 0) is 22.5 Å². The maximum absolute atomic E-state index is 12.8. The summed E-state index contributed by atoms with van der Waals surface area (Å²) in [5, 5.41) is 6.90. The zero-order valence-electron chi connectivity index (χ0n) is 16.3. The highest BCUT2D eigenvalue weighted by molar-refractivity contribution is 5.94. The van der Waals surface area contributed by atoms with E-state index >= 15 is 0 Å². The Hall–Kier alpha value is -2.87. The fourth-order valence-corrected chi connectivity index (χ4v) is 3.04. The summed E-state index contributed by atoms with van der Waals surface area (Å²) < 4.78 is 12.3. The van der Waals surface area contributed by atoms with Crippen LogP contribution < -0.4 is 20.5 Å². The van der Waals surface area contributed by atoms with Crippen LogP contribution in [0.25, 0.3) is 0 Å². The predicted molar refractivity (Wildman–Crippen MR) is 107 cm³/mol. The Labute approximate surface area is 164 Å². The van der Waals surface area contributed by atoms with Crippen molar-refractivity contribution in [1.82, 2.24) is 9.78 Å². The number of benzene rings is 1. The molecule has 1 fully saturated rings. The maximum atomic E-state index is 12.8. The van der Waals surface area contributed by atoms with Crippen LogP contribution in [-0.4, -0.2) is 48.6 Å². The van der Waals surface area contributed by atoms with Crippen molar-refractivity contribution in [3.63, 3.8) is 0 Å². The number of morpholine rings is 1. The van der Waals surface area contributed by atoms with Crippen LogP contribution in [0.5, 0.6) is 5.75 Å². The summed E-state index contributed by atoms with van der Waals surface area (Å²) in [5.41, 5.74) is 1.82. The van der Waals surface area contributed by atoms with Gasteiger partial charge in [-0.1, -0.05) is 19.1 Å².